The summed E-state index contributed by atoms with van der Waals surface area (Å²) in [6, 6.07) is 5.06. The van der Waals surface area contributed by atoms with Gasteiger partial charge in [-0.25, -0.2) is 0 Å². The molecular formula is C11H12N2O3. The molecule has 0 aromatic heterocycles. The first-order valence-electron chi connectivity index (χ1n) is 5.00. The second-order valence-electron chi connectivity index (χ2n) is 3.43. The molecule has 0 spiro atoms. The van der Waals surface area contributed by atoms with Gasteiger partial charge in [0.15, 0.2) is 6.73 Å². The van der Waals surface area contributed by atoms with Crippen LogP contribution in [-0.2, 0) is 0 Å². The van der Waals surface area contributed by atoms with Crippen molar-refractivity contribution in [1.29, 1.82) is 0 Å². The third kappa shape index (κ3) is 1.71. The molecule has 0 radical (unpaired) electrons. The molecule has 0 unspecified atom stereocenters. The Balaban J connectivity index is 2.37. The van der Waals surface area contributed by atoms with Gasteiger partial charge in [-0.2, -0.15) is 0 Å². The van der Waals surface area contributed by atoms with Crippen molar-refractivity contribution in [3.8, 4) is 5.75 Å². The molecule has 1 N–H and O–H groups in total. The molecule has 1 aliphatic heterocycles. The van der Waals surface area contributed by atoms with E-state index < -0.39 is 0 Å². The van der Waals surface area contributed by atoms with Crippen molar-refractivity contribution < 1.29 is 14.7 Å². The first-order chi connectivity index (χ1) is 7.76. The molecule has 1 amide bonds. The van der Waals surface area contributed by atoms with Gasteiger partial charge in [0.2, 0.25) is 0 Å². The van der Waals surface area contributed by atoms with Gasteiger partial charge in [-0.3, -0.25) is 4.79 Å². The van der Waals surface area contributed by atoms with E-state index in [1.54, 1.807) is 23.1 Å². The second kappa shape index (κ2) is 4.22. The molecule has 16 heavy (non-hydrogen) atoms. The van der Waals surface area contributed by atoms with Gasteiger partial charge in [0.1, 0.15) is 5.75 Å². The monoisotopic (exact) mass is 220 g/mol. The van der Waals surface area contributed by atoms with E-state index in [1.807, 2.05) is 6.92 Å². The quantitative estimate of drug-likeness (QED) is 0.464. The molecule has 0 aliphatic carbocycles. The maximum absolute atomic E-state index is 11.9. The van der Waals surface area contributed by atoms with Crippen LogP contribution in [0.2, 0.25) is 0 Å². The number of oxime groups is 1. The average Bonchev–Trinajstić information content (AvgIpc) is 2.30. The third-order valence-corrected chi connectivity index (χ3v) is 2.49. The van der Waals surface area contributed by atoms with E-state index in [4.69, 9.17) is 9.94 Å². The van der Waals surface area contributed by atoms with Gasteiger partial charge < -0.3 is 14.8 Å². The predicted molar refractivity (Wildman–Crippen MR) is 58.0 cm³/mol. The minimum absolute atomic E-state index is 0.0313. The molecule has 5 heteroatoms. The van der Waals surface area contributed by atoms with E-state index in [-0.39, 0.29) is 12.6 Å². The molecule has 84 valence electrons. The van der Waals surface area contributed by atoms with Gasteiger partial charge in [0, 0.05) is 6.54 Å². The smallest absolute Gasteiger partial charge is 0.260 e. The topological polar surface area (TPSA) is 62.1 Å². The highest BCUT2D eigenvalue weighted by Gasteiger charge is 2.24. The largest absolute Gasteiger partial charge is 0.472 e. The highest BCUT2D eigenvalue weighted by atomic mass is 16.5. The fraction of sp³-hybridized carbons (Fsp3) is 0.273. The van der Waals surface area contributed by atoms with E-state index in [2.05, 4.69) is 5.16 Å². The van der Waals surface area contributed by atoms with E-state index in [0.29, 0.717) is 23.4 Å². The van der Waals surface area contributed by atoms with Crippen molar-refractivity contribution in [2.45, 2.75) is 6.92 Å². The van der Waals surface area contributed by atoms with Crippen molar-refractivity contribution in [1.82, 2.24) is 4.90 Å². The van der Waals surface area contributed by atoms with Crippen LogP contribution in [0.15, 0.2) is 23.4 Å². The molecular weight excluding hydrogens is 208 g/mol. The normalized spacial score (nSPS) is 15.1. The zero-order valence-corrected chi connectivity index (χ0v) is 8.88. The number of carbonyl (C=O) groups is 1. The lowest BCUT2D eigenvalue weighted by atomic mass is 10.1. The number of rotatable bonds is 2. The summed E-state index contributed by atoms with van der Waals surface area (Å²) in [4.78, 5) is 13.5. The molecule has 1 heterocycles. The van der Waals surface area contributed by atoms with Crippen molar-refractivity contribution in [3.05, 3.63) is 29.3 Å². The maximum atomic E-state index is 11.9. The zero-order chi connectivity index (χ0) is 11.5. The minimum atomic E-state index is -0.0313. The average molecular weight is 220 g/mol. The van der Waals surface area contributed by atoms with Crippen molar-refractivity contribution >= 4 is 12.1 Å². The standard InChI is InChI=1S/C11H12N2O3/c1-2-13-7-16-10-5-8(6-12-15)3-4-9(10)11(13)14/h3-6,15H,2,7H2,1H3. The lowest BCUT2D eigenvalue weighted by Gasteiger charge is -2.27. The van der Waals surface area contributed by atoms with Crippen molar-refractivity contribution in [2.75, 3.05) is 13.3 Å². The fourth-order valence-electron chi connectivity index (χ4n) is 1.59. The van der Waals surface area contributed by atoms with Gasteiger partial charge in [-0.1, -0.05) is 11.2 Å². The van der Waals surface area contributed by atoms with Crippen LogP contribution in [0.4, 0.5) is 0 Å². The van der Waals surface area contributed by atoms with Gasteiger partial charge >= 0.3 is 0 Å². The summed E-state index contributed by atoms with van der Waals surface area (Å²) in [5.41, 5.74) is 1.24. The molecule has 0 saturated carbocycles. The summed E-state index contributed by atoms with van der Waals surface area (Å²) >= 11 is 0. The first-order valence-corrected chi connectivity index (χ1v) is 5.00. The number of nitrogens with zero attached hydrogens (tertiary/aromatic N) is 2. The van der Waals surface area contributed by atoms with Crippen LogP contribution in [-0.4, -0.2) is 35.5 Å². The Labute approximate surface area is 92.9 Å². The lowest BCUT2D eigenvalue weighted by molar-refractivity contribution is 0.0538. The van der Waals surface area contributed by atoms with Gasteiger partial charge in [0.05, 0.1) is 11.8 Å². The van der Waals surface area contributed by atoms with E-state index in [9.17, 15) is 4.79 Å². The molecule has 1 aromatic rings. The Morgan fingerprint density at radius 3 is 3.12 bits per heavy atom. The minimum Gasteiger partial charge on any atom is -0.472 e. The molecule has 5 nitrogen and oxygen atoms in total. The number of carbonyl (C=O) groups excluding carboxylic acids is 1. The molecule has 0 fully saturated rings. The van der Waals surface area contributed by atoms with Crippen LogP contribution < -0.4 is 4.74 Å². The van der Waals surface area contributed by atoms with Gasteiger partial charge in [0.25, 0.3) is 5.91 Å². The number of benzene rings is 1. The molecule has 0 bridgehead atoms. The van der Waals surface area contributed by atoms with Gasteiger partial charge in [-0.15, -0.1) is 0 Å². The SMILES string of the molecule is CCN1COc2cc(C=NO)ccc2C1=O. The van der Waals surface area contributed by atoms with Crippen molar-refractivity contribution in [3.63, 3.8) is 0 Å². The zero-order valence-electron chi connectivity index (χ0n) is 8.88. The summed E-state index contributed by atoms with van der Waals surface area (Å²) < 4.78 is 5.45. The maximum Gasteiger partial charge on any atom is 0.260 e. The van der Waals surface area contributed by atoms with Crippen molar-refractivity contribution in [2.24, 2.45) is 5.16 Å². The van der Waals surface area contributed by atoms with Crippen LogP contribution in [0.3, 0.4) is 0 Å². The molecule has 2 rings (SSSR count). The van der Waals surface area contributed by atoms with Gasteiger partial charge in [-0.05, 0) is 24.6 Å². The summed E-state index contributed by atoms with van der Waals surface area (Å²) in [7, 11) is 0. The summed E-state index contributed by atoms with van der Waals surface area (Å²) in [5, 5.41) is 11.3. The third-order valence-electron chi connectivity index (χ3n) is 2.49. The first kappa shape index (κ1) is 10.5. The second-order valence-corrected chi connectivity index (χ2v) is 3.43. The van der Waals surface area contributed by atoms with E-state index >= 15 is 0 Å². The number of hydrogen-bond donors (Lipinski definition) is 1. The highest BCUT2D eigenvalue weighted by Crippen LogP contribution is 2.25. The molecule has 1 aromatic carbocycles. The Morgan fingerprint density at radius 2 is 2.44 bits per heavy atom. The summed E-state index contributed by atoms with van der Waals surface area (Å²) in [6.07, 6.45) is 1.29. The number of ether oxygens (including phenoxy) is 1. The van der Waals surface area contributed by atoms with E-state index in [1.165, 1.54) is 6.21 Å². The van der Waals surface area contributed by atoms with Crippen LogP contribution in [0.1, 0.15) is 22.8 Å². The number of amides is 1. The Morgan fingerprint density at radius 1 is 1.62 bits per heavy atom. The fourth-order valence-corrected chi connectivity index (χ4v) is 1.59. The van der Waals surface area contributed by atoms with Crippen LogP contribution in [0, 0.1) is 0 Å². The highest BCUT2D eigenvalue weighted by molar-refractivity contribution is 5.98. The van der Waals surface area contributed by atoms with Crippen LogP contribution in [0.25, 0.3) is 0 Å². The summed E-state index contributed by atoms with van der Waals surface area (Å²) in [5.74, 6) is 0.503. The molecule has 0 saturated heterocycles. The Bertz CT molecular complexity index is 443. The number of hydrogen-bond acceptors (Lipinski definition) is 4. The summed E-state index contributed by atoms with van der Waals surface area (Å²) in [6.45, 7) is 2.79. The van der Waals surface area contributed by atoms with E-state index in [0.717, 1.165) is 0 Å². The molecule has 0 atom stereocenters. The van der Waals surface area contributed by atoms with Crippen LogP contribution in [0.5, 0.6) is 5.75 Å². The number of fused-ring (bicyclic) bond motifs is 1. The Kier molecular flexibility index (Phi) is 2.76. The Hall–Kier alpha value is -2.04. The molecule has 1 aliphatic rings. The lowest BCUT2D eigenvalue weighted by Crippen LogP contribution is -2.38. The predicted octanol–water partition coefficient (Wildman–Crippen LogP) is 1.31. The van der Waals surface area contributed by atoms with Crippen LogP contribution >= 0.6 is 0 Å².